The van der Waals surface area contributed by atoms with Crippen LogP contribution in [0.4, 0.5) is 0 Å². The Hall–Kier alpha value is -1.98. The Labute approximate surface area is 185 Å². The zero-order chi connectivity index (χ0) is 24.1. The Morgan fingerprint density at radius 2 is 1.26 bits per heavy atom. The molecule has 2 unspecified atom stereocenters. The standard InChI is InChI=1S/C20H40N6O5/c1-15(24-30)19(3,4)22-10-13-26(12-9-21-17(27)7-8-18(28)29)14-11-23-20(5,6)16(2)25-31/h15-16,22-23H,7-14H2,1-6H3,(H,21,27)(H,28,29). The largest absolute Gasteiger partial charge is 0.481 e. The molecule has 0 aromatic carbocycles. The molecule has 4 N–H and O–H groups in total. The van der Waals surface area contributed by atoms with Crippen molar-refractivity contribution in [3.63, 3.8) is 0 Å². The zero-order valence-corrected chi connectivity index (χ0v) is 19.7. The molecule has 0 radical (unpaired) electrons. The summed E-state index contributed by atoms with van der Waals surface area (Å²) in [5.41, 5.74) is -0.881. The maximum absolute atomic E-state index is 11.7. The van der Waals surface area contributed by atoms with Crippen molar-refractivity contribution in [1.29, 1.82) is 0 Å². The van der Waals surface area contributed by atoms with Crippen LogP contribution in [0.1, 0.15) is 54.4 Å². The van der Waals surface area contributed by atoms with Crippen LogP contribution in [-0.4, -0.2) is 84.3 Å². The molecule has 0 saturated carbocycles. The molecule has 180 valence electrons. The summed E-state index contributed by atoms with van der Waals surface area (Å²) in [6, 6.07) is -0.761. The van der Waals surface area contributed by atoms with Crippen LogP contribution in [0.3, 0.4) is 0 Å². The number of hydrogen-bond donors (Lipinski definition) is 4. The van der Waals surface area contributed by atoms with E-state index in [4.69, 9.17) is 5.11 Å². The van der Waals surface area contributed by atoms with E-state index < -0.39 is 17.0 Å². The Balaban J connectivity index is 4.70. The van der Waals surface area contributed by atoms with Gasteiger partial charge in [0, 0.05) is 56.8 Å². The van der Waals surface area contributed by atoms with Crippen molar-refractivity contribution in [2.75, 3.05) is 39.3 Å². The summed E-state index contributed by atoms with van der Waals surface area (Å²) < 4.78 is 0. The lowest BCUT2D eigenvalue weighted by Gasteiger charge is -2.32. The number of carboxylic acids is 1. The molecule has 11 nitrogen and oxygen atoms in total. The summed E-state index contributed by atoms with van der Waals surface area (Å²) in [5, 5.41) is 24.3. The van der Waals surface area contributed by atoms with Gasteiger partial charge in [-0.25, -0.2) is 0 Å². The van der Waals surface area contributed by atoms with E-state index in [9.17, 15) is 19.4 Å². The fraction of sp³-hybridized carbons (Fsp3) is 0.900. The molecule has 0 spiro atoms. The van der Waals surface area contributed by atoms with E-state index in [1.54, 1.807) is 13.8 Å². The maximum atomic E-state index is 11.7. The highest BCUT2D eigenvalue weighted by Crippen LogP contribution is 2.12. The second kappa shape index (κ2) is 14.2. The van der Waals surface area contributed by atoms with Crippen molar-refractivity contribution in [1.82, 2.24) is 20.9 Å². The summed E-state index contributed by atoms with van der Waals surface area (Å²) in [6.45, 7) is 14.8. The van der Waals surface area contributed by atoms with E-state index in [1.807, 2.05) is 27.7 Å². The molecular weight excluding hydrogens is 404 g/mol. The van der Waals surface area contributed by atoms with Crippen LogP contribution < -0.4 is 16.0 Å². The predicted molar refractivity (Wildman–Crippen MR) is 121 cm³/mol. The van der Waals surface area contributed by atoms with Crippen molar-refractivity contribution < 1.29 is 14.7 Å². The van der Waals surface area contributed by atoms with E-state index in [-0.39, 0.29) is 30.8 Å². The van der Waals surface area contributed by atoms with E-state index in [0.717, 1.165) is 0 Å². The maximum Gasteiger partial charge on any atom is 0.303 e. The molecule has 0 aromatic rings. The van der Waals surface area contributed by atoms with Gasteiger partial charge in [0.05, 0.1) is 6.42 Å². The Morgan fingerprint density at radius 3 is 1.65 bits per heavy atom. The molecule has 0 fully saturated rings. The molecular formula is C20H40N6O5. The van der Waals surface area contributed by atoms with Crippen molar-refractivity contribution in [3.05, 3.63) is 9.81 Å². The lowest BCUT2D eigenvalue weighted by Crippen LogP contribution is -2.52. The van der Waals surface area contributed by atoms with Gasteiger partial charge in [0.25, 0.3) is 0 Å². The van der Waals surface area contributed by atoms with Gasteiger partial charge in [-0.3, -0.25) is 14.5 Å². The minimum Gasteiger partial charge on any atom is -0.481 e. The molecule has 0 saturated heterocycles. The van der Waals surface area contributed by atoms with E-state index in [0.29, 0.717) is 39.3 Å². The number of hydrogen-bond acceptors (Lipinski definition) is 9. The number of carbonyl (C=O) groups excluding carboxylic acids is 1. The SMILES string of the molecule is CC(N=O)C(C)(C)NCCN(CCNC(=O)CCC(=O)O)CCNC(C)(C)C(C)N=O. The third-order valence-electron chi connectivity index (χ3n) is 5.74. The topological polar surface area (TPSA) is 153 Å². The second-order valence-electron chi connectivity index (χ2n) is 8.95. The molecule has 0 heterocycles. The number of aliphatic carboxylic acids is 1. The Bertz CT molecular complexity index is 552. The van der Waals surface area contributed by atoms with Crippen LogP contribution in [0.15, 0.2) is 10.4 Å². The first-order valence-electron chi connectivity index (χ1n) is 10.7. The van der Waals surface area contributed by atoms with Crippen LogP contribution in [0, 0.1) is 9.81 Å². The first kappa shape index (κ1) is 29.0. The first-order chi connectivity index (χ1) is 14.4. The lowest BCUT2D eigenvalue weighted by molar-refractivity contribution is -0.138. The van der Waals surface area contributed by atoms with Crippen LogP contribution in [0.5, 0.6) is 0 Å². The number of nitrogens with one attached hydrogen (secondary N) is 3. The van der Waals surface area contributed by atoms with Crippen molar-refractivity contribution in [3.8, 4) is 0 Å². The van der Waals surface area contributed by atoms with Gasteiger partial charge in [0.1, 0.15) is 12.1 Å². The van der Waals surface area contributed by atoms with Crippen LogP contribution >= 0.6 is 0 Å². The third kappa shape index (κ3) is 12.5. The van der Waals surface area contributed by atoms with Crippen LogP contribution in [0.25, 0.3) is 0 Å². The quantitative estimate of drug-likeness (QED) is 0.231. The van der Waals surface area contributed by atoms with Gasteiger partial charge in [-0.05, 0) is 41.5 Å². The summed E-state index contributed by atoms with van der Waals surface area (Å²) in [4.78, 5) is 46.1. The number of carboxylic acid groups (broad SMARTS) is 1. The highest BCUT2D eigenvalue weighted by Gasteiger charge is 2.27. The van der Waals surface area contributed by atoms with Gasteiger partial charge < -0.3 is 21.1 Å². The first-order valence-corrected chi connectivity index (χ1v) is 10.7. The second-order valence-corrected chi connectivity index (χ2v) is 8.95. The van der Waals surface area contributed by atoms with E-state index >= 15 is 0 Å². The highest BCUT2D eigenvalue weighted by atomic mass is 16.4. The minimum absolute atomic E-state index is 0.0476. The molecule has 31 heavy (non-hydrogen) atoms. The fourth-order valence-corrected chi connectivity index (χ4v) is 2.63. The summed E-state index contributed by atoms with van der Waals surface area (Å²) in [6.07, 6.45) is -0.243. The number of nitrogens with zero attached hydrogens (tertiary/aromatic N) is 3. The normalized spacial score (nSPS) is 14.2. The summed E-state index contributed by atoms with van der Waals surface area (Å²) in [5.74, 6) is -1.30. The zero-order valence-electron chi connectivity index (χ0n) is 19.7. The van der Waals surface area contributed by atoms with Gasteiger partial charge >= 0.3 is 5.97 Å². The predicted octanol–water partition coefficient (Wildman–Crippen LogP) is 1.32. The van der Waals surface area contributed by atoms with Crippen molar-refractivity contribution in [2.24, 2.45) is 10.4 Å². The number of nitroso groups, excluding NO2 is 2. The molecule has 0 aliphatic heterocycles. The third-order valence-corrected chi connectivity index (χ3v) is 5.74. The van der Waals surface area contributed by atoms with E-state index in [1.165, 1.54) is 0 Å². The van der Waals surface area contributed by atoms with Crippen molar-refractivity contribution >= 4 is 11.9 Å². The number of carbonyl (C=O) groups is 2. The van der Waals surface area contributed by atoms with Gasteiger partial charge in [-0.2, -0.15) is 9.81 Å². The number of amides is 1. The molecule has 0 aliphatic carbocycles. The number of rotatable bonds is 18. The highest BCUT2D eigenvalue weighted by molar-refractivity contribution is 5.80. The average molecular weight is 445 g/mol. The van der Waals surface area contributed by atoms with Crippen molar-refractivity contribution in [2.45, 2.75) is 77.5 Å². The minimum atomic E-state index is -1.00. The van der Waals surface area contributed by atoms with Crippen LogP contribution in [-0.2, 0) is 9.59 Å². The molecule has 0 aromatic heterocycles. The van der Waals surface area contributed by atoms with E-state index in [2.05, 4.69) is 31.2 Å². The monoisotopic (exact) mass is 444 g/mol. The molecule has 2 atom stereocenters. The van der Waals surface area contributed by atoms with Gasteiger partial charge in [-0.15, -0.1) is 0 Å². The van der Waals surface area contributed by atoms with Gasteiger partial charge in [0.2, 0.25) is 5.91 Å². The summed E-state index contributed by atoms with van der Waals surface area (Å²) >= 11 is 0. The van der Waals surface area contributed by atoms with Gasteiger partial charge in [0.15, 0.2) is 0 Å². The Kier molecular flexibility index (Phi) is 13.2. The fourth-order valence-electron chi connectivity index (χ4n) is 2.63. The molecule has 0 rings (SSSR count). The molecule has 0 bridgehead atoms. The Morgan fingerprint density at radius 1 is 0.839 bits per heavy atom. The molecule has 1 amide bonds. The molecule has 0 aliphatic rings. The smallest absolute Gasteiger partial charge is 0.303 e. The van der Waals surface area contributed by atoms with Crippen LogP contribution in [0.2, 0.25) is 0 Å². The van der Waals surface area contributed by atoms with Gasteiger partial charge in [-0.1, -0.05) is 10.4 Å². The molecule has 11 heteroatoms. The lowest BCUT2D eigenvalue weighted by atomic mass is 9.97. The summed E-state index contributed by atoms with van der Waals surface area (Å²) in [7, 11) is 0. The average Bonchev–Trinajstić information content (AvgIpc) is 2.70.